The van der Waals surface area contributed by atoms with Crippen molar-refractivity contribution in [2.75, 3.05) is 24.6 Å². The van der Waals surface area contributed by atoms with Gasteiger partial charge < -0.3 is 15.0 Å². The van der Waals surface area contributed by atoms with E-state index < -0.39 is 0 Å². The van der Waals surface area contributed by atoms with E-state index in [4.69, 9.17) is 9.72 Å². The molecule has 1 saturated heterocycles. The summed E-state index contributed by atoms with van der Waals surface area (Å²) < 4.78 is 6.19. The molecular weight excluding hydrogens is 302 g/mol. The van der Waals surface area contributed by atoms with Crippen LogP contribution in [-0.2, 0) is 11.3 Å². The van der Waals surface area contributed by atoms with Gasteiger partial charge in [0.2, 0.25) is 0 Å². The van der Waals surface area contributed by atoms with Crippen molar-refractivity contribution in [1.82, 2.24) is 10.3 Å². The van der Waals surface area contributed by atoms with Crippen LogP contribution in [0.15, 0.2) is 6.07 Å². The molecule has 1 aliphatic carbocycles. The maximum Gasteiger partial charge on any atom is 0.253 e. The predicted molar refractivity (Wildman–Crippen MR) is 93.3 cm³/mol. The highest BCUT2D eigenvalue weighted by molar-refractivity contribution is 5.98. The number of rotatable bonds is 4. The van der Waals surface area contributed by atoms with Gasteiger partial charge in [-0.3, -0.25) is 4.79 Å². The van der Waals surface area contributed by atoms with Gasteiger partial charge in [0.15, 0.2) is 0 Å². The van der Waals surface area contributed by atoms with Crippen LogP contribution in [0, 0.1) is 12.3 Å². The number of nitrogens with one attached hydrogen (secondary N) is 1. The lowest BCUT2D eigenvalue weighted by Crippen LogP contribution is -2.40. The highest BCUT2D eigenvalue weighted by Gasteiger charge is 2.33. The monoisotopic (exact) mass is 329 g/mol. The molecule has 1 aromatic rings. The minimum atomic E-state index is 0.00347. The number of carbonyl (C=O) groups excluding carboxylic acids is 1. The fraction of sp³-hybridized carbons (Fsp3) is 0.684. The van der Waals surface area contributed by atoms with Gasteiger partial charge in [0, 0.05) is 13.1 Å². The molecule has 3 heterocycles. The Morgan fingerprint density at radius 1 is 1.38 bits per heavy atom. The molecule has 5 heteroatoms. The summed E-state index contributed by atoms with van der Waals surface area (Å²) in [5.74, 6) is 1.04. The number of piperidine rings is 1. The maximum absolute atomic E-state index is 11.7. The van der Waals surface area contributed by atoms with E-state index in [-0.39, 0.29) is 5.91 Å². The van der Waals surface area contributed by atoms with E-state index in [0.29, 0.717) is 18.1 Å². The SMILES string of the molecule is Cc1cc2c(nc1N1CCC(OCC3(C)CCC3)CC1)CNC2=O. The van der Waals surface area contributed by atoms with Crippen LogP contribution in [0.25, 0.3) is 0 Å². The highest BCUT2D eigenvalue weighted by Crippen LogP contribution is 2.41. The molecular formula is C19H27N3O2. The molecule has 0 unspecified atom stereocenters. The summed E-state index contributed by atoms with van der Waals surface area (Å²) >= 11 is 0. The van der Waals surface area contributed by atoms with Gasteiger partial charge >= 0.3 is 0 Å². The average molecular weight is 329 g/mol. The molecule has 2 fully saturated rings. The second-order valence-corrected chi connectivity index (χ2v) is 7.97. The van der Waals surface area contributed by atoms with E-state index in [1.807, 2.05) is 13.0 Å². The Labute approximate surface area is 143 Å². The van der Waals surface area contributed by atoms with Gasteiger partial charge in [0.05, 0.1) is 30.5 Å². The molecule has 0 radical (unpaired) electrons. The molecule has 1 N–H and O–H groups in total. The Balaban J connectivity index is 1.37. The van der Waals surface area contributed by atoms with Gasteiger partial charge in [-0.2, -0.15) is 0 Å². The van der Waals surface area contributed by atoms with Crippen LogP contribution in [0.3, 0.4) is 0 Å². The smallest absolute Gasteiger partial charge is 0.253 e. The zero-order valence-electron chi connectivity index (χ0n) is 14.7. The molecule has 3 aliphatic rings. The van der Waals surface area contributed by atoms with Crippen LogP contribution < -0.4 is 10.2 Å². The number of nitrogens with zero attached hydrogens (tertiary/aromatic N) is 2. The maximum atomic E-state index is 11.7. The third-order valence-electron chi connectivity index (χ3n) is 5.90. The fourth-order valence-electron chi connectivity index (χ4n) is 4.03. The van der Waals surface area contributed by atoms with Crippen molar-refractivity contribution < 1.29 is 9.53 Å². The van der Waals surface area contributed by atoms with Crippen LogP contribution in [-0.4, -0.2) is 36.7 Å². The Morgan fingerprint density at radius 3 is 2.79 bits per heavy atom. The topological polar surface area (TPSA) is 54.5 Å². The van der Waals surface area contributed by atoms with Crippen LogP contribution in [0.2, 0.25) is 0 Å². The number of aryl methyl sites for hydroxylation is 1. The van der Waals surface area contributed by atoms with Crippen LogP contribution >= 0.6 is 0 Å². The first kappa shape index (κ1) is 15.9. The Morgan fingerprint density at radius 2 is 2.12 bits per heavy atom. The zero-order valence-corrected chi connectivity index (χ0v) is 14.7. The third-order valence-corrected chi connectivity index (χ3v) is 5.90. The first-order chi connectivity index (χ1) is 11.5. The zero-order chi connectivity index (χ0) is 16.7. The minimum Gasteiger partial charge on any atom is -0.378 e. The van der Waals surface area contributed by atoms with Gasteiger partial charge in [0.25, 0.3) is 5.91 Å². The van der Waals surface area contributed by atoms with Crippen molar-refractivity contribution in [1.29, 1.82) is 0 Å². The molecule has 24 heavy (non-hydrogen) atoms. The number of carbonyl (C=O) groups is 1. The van der Waals surface area contributed by atoms with Gasteiger partial charge in [-0.1, -0.05) is 13.3 Å². The number of pyridine rings is 1. The lowest BCUT2D eigenvalue weighted by molar-refractivity contribution is -0.0429. The highest BCUT2D eigenvalue weighted by atomic mass is 16.5. The normalized spacial score (nSPS) is 22.9. The molecule has 1 aromatic heterocycles. The van der Waals surface area contributed by atoms with Crippen molar-refractivity contribution in [2.45, 2.75) is 58.6 Å². The lowest BCUT2D eigenvalue weighted by atomic mass is 9.71. The first-order valence-corrected chi connectivity index (χ1v) is 9.19. The van der Waals surface area contributed by atoms with Gasteiger partial charge in [-0.25, -0.2) is 4.98 Å². The van der Waals surface area contributed by atoms with Gasteiger partial charge in [-0.15, -0.1) is 0 Å². The van der Waals surface area contributed by atoms with Gasteiger partial charge in [0.1, 0.15) is 5.82 Å². The Kier molecular flexibility index (Phi) is 3.99. The summed E-state index contributed by atoms with van der Waals surface area (Å²) in [4.78, 5) is 18.9. The number of anilines is 1. The van der Waals surface area contributed by atoms with Crippen molar-refractivity contribution >= 4 is 11.7 Å². The van der Waals surface area contributed by atoms with Crippen molar-refractivity contribution in [3.63, 3.8) is 0 Å². The minimum absolute atomic E-state index is 0.00347. The summed E-state index contributed by atoms with van der Waals surface area (Å²) in [6.45, 7) is 7.83. The molecule has 1 amide bonds. The molecule has 0 bridgehead atoms. The predicted octanol–water partition coefficient (Wildman–Crippen LogP) is 2.81. The number of fused-ring (bicyclic) bond motifs is 1. The van der Waals surface area contributed by atoms with E-state index in [9.17, 15) is 4.79 Å². The number of ether oxygens (including phenoxy) is 1. The number of amides is 1. The molecule has 130 valence electrons. The van der Waals surface area contributed by atoms with Gasteiger partial charge in [-0.05, 0) is 49.7 Å². The number of aromatic nitrogens is 1. The van der Waals surface area contributed by atoms with E-state index in [0.717, 1.165) is 55.2 Å². The summed E-state index contributed by atoms with van der Waals surface area (Å²) in [5.41, 5.74) is 3.15. The second kappa shape index (κ2) is 6.03. The van der Waals surface area contributed by atoms with Crippen LogP contribution in [0.5, 0.6) is 0 Å². The number of hydrogen-bond donors (Lipinski definition) is 1. The van der Waals surface area contributed by atoms with Crippen molar-refractivity contribution in [2.24, 2.45) is 5.41 Å². The molecule has 5 nitrogen and oxygen atoms in total. The van der Waals surface area contributed by atoms with Crippen molar-refractivity contribution in [3.8, 4) is 0 Å². The van der Waals surface area contributed by atoms with E-state index in [2.05, 4.69) is 17.1 Å². The third kappa shape index (κ3) is 2.90. The van der Waals surface area contributed by atoms with E-state index in [1.165, 1.54) is 19.3 Å². The number of hydrogen-bond acceptors (Lipinski definition) is 4. The molecule has 1 saturated carbocycles. The summed E-state index contributed by atoms with van der Waals surface area (Å²) in [6.07, 6.45) is 6.50. The molecule has 0 aromatic carbocycles. The average Bonchev–Trinajstić information content (AvgIpc) is 2.91. The summed E-state index contributed by atoms with van der Waals surface area (Å²) in [5, 5.41) is 2.85. The molecule has 2 aliphatic heterocycles. The fourth-order valence-corrected chi connectivity index (χ4v) is 4.03. The lowest BCUT2D eigenvalue weighted by Gasteiger charge is -2.40. The summed E-state index contributed by atoms with van der Waals surface area (Å²) in [7, 11) is 0. The second-order valence-electron chi connectivity index (χ2n) is 7.97. The van der Waals surface area contributed by atoms with Crippen molar-refractivity contribution in [3.05, 3.63) is 22.9 Å². The molecule has 0 spiro atoms. The Hall–Kier alpha value is -1.62. The first-order valence-electron chi connectivity index (χ1n) is 9.19. The quantitative estimate of drug-likeness (QED) is 0.923. The van der Waals surface area contributed by atoms with Crippen LogP contribution in [0.4, 0.5) is 5.82 Å². The molecule has 4 rings (SSSR count). The summed E-state index contributed by atoms with van der Waals surface area (Å²) in [6, 6.07) is 1.99. The largest absolute Gasteiger partial charge is 0.378 e. The molecule has 0 atom stereocenters. The van der Waals surface area contributed by atoms with E-state index >= 15 is 0 Å². The Bertz CT molecular complexity index is 646. The van der Waals surface area contributed by atoms with Crippen LogP contribution in [0.1, 0.15) is 60.6 Å². The standard InChI is InChI=1S/C19H27N3O2/c1-13-10-15-16(11-20-18(15)23)21-17(13)22-8-4-14(5-9-22)24-12-19(2)6-3-7-19/h10,14H,3-9,11-12H2,1-2H3,(H,20,23). The van der Waals surface area contributed by atoms with E-state index in [1.54, 1.807) is 0 Å².